The fourth-order valence-electron chi connectivity index (χ4n) is 3.01. The molecule has 21 heavy (non-hydrogen) atoms. The Morgan fingerprint density at radius 1 is 1.14 bits per heavy atom. The van der Waals surface area contributed by atoms with Gasteiger partial charge >= 0.3 is 0 Å². The second-order valence-electron chi connectivity index (χ2n) is 5.65. The maximum Gasteiger partial charge on any atom is 0.227 e. The summed E-state index contributed by atoms with van der Waals surface area (Å²) in [5.74, 6) is 1.45. The van der Waals surface area contributed by atoms with E-state index in [1.54, 1.807) is 0 Å². The van der Waals surface area contributed by atoms with Gasteiger partial charge in [0, 0.05) is 32.5 Å². The van der Waals surface area contributed by atoms with Gasteiger partial charge in [0.2, 0.25) is 5.91 Å². The Hall–Kier alpha value is -1.26. The number of ether oxygens (including phenoxy) is 1. The van der Waals surface area contributed by atoms with Crippen LogP contribution in [0.2, 0.25) is 0 Å². The third kappa shape index (κ3) is 4.11. The fraction of sp³-hybridized carbons (Fsp3) is 0.562. The Kier molecular flexibility index (Phi) is 5.88. The highest BCUT2D eigenvalue weighted by Crippen LogP contribution is 2.21. The van der Waals surface area contributed by atoms with Gasteiger partial charge in [-0.15, -0.1) is 12.4 Å². The summed E-state index contributed by atoms with van der Waals surface area (Å²) in [5.41, 5.74) is 0. The molecule has 0 bridgehead atoms. The van der Waals surface area contributed by atoms with Gasteiger partial charge in [0.15, 0.2) is 0 Å². The summed E-state index contributed by atoms with van der Waals surface area (Å²) < 4.78 is 5.96. The van der Waals surface area contributed by atoms with Crippen LogP contribution in [-0.4, -0.2) is 43.1 Å². The highest BCUT2D eigenvalue weighted by Gasteiger charge is 2.30. The molecule has 3 rings (SSSR count). The number of nitrogens with one attached hydrogen (secondary N) is 1. The van der Waals surface area contributed by atoms with E-state index in [4.69, 9.17) is 4.74 Å². The molecule has 0 aromatic heterocycles. The van der Waals surface area contributed by atoms with E-state index in [2.05, 4.69) is 5.32 Å². The molecule has 4 nitrogen and oxygen atoms in total. The molecule has 2 saturated heterocycles. The number of nitrogens with zero attached hydrogens (tertiary/aromatic N) is 1. The van der Waals surface area contributed by atoms with Crippen LogP contribution in [0.25, 0.3) is 0 Å². The van der Waals surface area contributed by atoms with E-state index in [0.717, 1.165) is 51.2 Å². The Morgan fingerprint density at radius 2 is 1.86 bits per heavy atom. The zero-order valence-corrected chi connectivity index (χ0v) is 13.0. The summed E-state index contributed by atoms with van der Waals surface area (Å²) in [7, 11) is 0. The van der Waals surface area contributed by atoms with Crippen LogP contribution < -0.4 is 10.1 Å². The Balaban J connectivity index is 0.00000161. The molecule has 0 saturated carbocycles. The van der Waals surface area contributed by atoms with E-state index < -0.39 is 0 Å². The lowest BCUT2D eigenvalue weighted by molar-refractivity contribution is -0.136. The lowest BCUT2D eigenvalue weighted by Gasteiger charge is -2.33. The topological polar surface area (TPSA) is 41.6 Å². The largest absolute Gasteiger partial charge is 0.490 e. The summed E-state index contributed by atoms with van der Waals surface area (Å²) in [6.07, 6.45) is 3.09. The van der Waals surface area contributed by atoms with Crippen LogP contribution in [0.4, 0.5) is 0 Å². The quantitative estimate of drug-likeness (QED) is 0.929. The number of hydrogen-bond donors (Lipinski definition) is 1. The number of likely N-dealkylation sites (tertiary alicyclic amines) is 1. The molecule has 116 valence electrons. The number of rotatable bonds is 3. The minimum Gasteiger partial charge on any atom is -0.490 e. The lowest BCUT2D eigenvalue weighted by atomic mass is 10.0. The predicted molar refractivity (Wildman–Crippen MR) is 84.9 cm³/mol. The molecule has 1 aromatic carbocycles. The van der Waals surface area contributed by atoms with Crippen molar-refractivity contribution in [1.82, 2.24) is 10.2 Å². The number of amides is 1. The van der Waals surface area contributed by atoms with E-state index in [-0.39, 0.29) is 24.4 Å². The van der Waals surface area contributed by atoms with Gasteiger partial charge in [-0.3, -0.25) is 4.79 Å². The predicted octanol–water partition coefficient (Wildman–Crippen LogP) is 2.09. The SMILES string of the molecule is Cl.O=C(C1CCNC1)N1CCC(Oc2ccccc2)CC1. The molecule has 0 radical (unpaired) electrons. The van der Waals surface area contributed by atoms with E-state index in [1.165, 1.54) is 0 Å². The summed E-state index contributed by atoms with van der Waals surface area (Å²) in [4.78, 5) is 14.3. The Bertz CT molecular complexity index is 441. The van der Waals surface area contributed by atoms with E-state index in [0.29, 0.717) is 5.91 Å². The molecule has 2 heterocycles. The molecule has 2 aliphatic heterocycles. The van der Waals surface area contributed by atoms with Gasteiger partial charge in [-0.25, -0.2) is 0 Å². The van der Waals surface area contributed by atoms with Crippen molar-refractivity contribution in [1.29, 1.82) is 0 Å². The maximum absolute atomic E-state index is 12.3. The molecule has 1 aromatic rings. The minimum absolute atomic E-state index is 0. The summed E-state index contributed by atoms with van der Waals surface area (Å²) in [6.45, 7) is 3.48. The molecule has 0 aliphatic carbocycles. The molecule has 1 amide bonds. The van der Waals surface area contributed by atoms with Crippen LogP contribution in [0, 0.1) is 5.92 Å². The zero-order valence-electron chi connectivity index (χ0n) is 12.2. The average molecular weight is 311 g/mol. The number of carbonyl (C=O) groups excluding carboxylic acids is 1. The van der Waals surface area contributed by atoms with E-state index >= 15 is 0 Å². The lowest BCUT2D eigenvalue weighted by Crippen LogP contribution is -2.44. The molecule has 1 N–H and O–H groups in total. The summed E-state index contributed by atoms with van der Waals surface area (Å²) in [5, 5.41) is 3.26. The first kappa shape index (κ1) is 16.1. The van der Waals surface area contributed by atoms with Gasteiger partial charge in [0.05, 0.1) is 5.92 Å². The third-order valence-electron chi connectivity index (χ3n) is 4.21. The zero-order chi connectivity index (χ0) is 13.8. The monoisotopic (exact) mass is 310 g/mol. The molecule has 1 unspecified atom stereocenters. The summed E-state index contributed by atoms with van der Waals surface area (Å²) >= 11 is 0. The number of hydrogen-bond acceptors (Lipinski definition) is 3. The van der Waals surface area contributed by atoms with Crippen molar-refractivity contribution < 1.29 is 9.53 Å². The Labute approximate surface area is 132 Å². The second-order valence-corrected chi connectivity index (χ2v) is 5.65. The molecule has 0 spiro atoms. The van der Waals surface area contributed by atoms with Crippen LogP contribution >= 0.6 is 12.4 Å². The van der Waals surface area contributed by atoms with Crippen LogP contribution in [0.3, 0.4) is 0 Å². The van der Waals surface area contributed by atoms with Gasteiger partial charge in [0.25, 0.3) is 0 Å². The maximum atomic E-state index is 12.3. The minimum atomic E-state index is 0. The van der Waals surface area contributed by atoms with Crippen molar-refractivity contribution in [3.63, 3.8) is 0 Å². The van der Waals surface area contributed by atoms with Crippen LogP contribution in [-0.2, 0) is 4.79 Å². The number of carbonyl (C=O) groups is 1. The standard InChI is InChI=1S/C16H22N2O2.ClH/c19-16(13-6-9-17-12-13)18-10-7-15(8-11-18)20-14-4-2-1-3-5-14;/h1-5,13,15,17H,6-12H2;1H. The fourth-order valence-corrected chi connectivity index (χ4v) is 3.01. The van der Waals surface area contributed by atoms with Gasteiger partial charge in [-0.05, 0) is 25.1 Å². The number of halogens is 1. The molecule has 1 atom stereocenters. The van der Waals surface area contributed by atoms with Gasteiger partial charge < -0.3 is 15.0 Å². The third-order valence-corrected chi connectivity index (χ3v) is 4.21. The molecular weight excluding hydrogens is 288 g/mol. The number of piperidine rings is 1. The average Bonchev–Trinajstić information content (AvgIpc) is 3.03. The van der Waals surface area contributed by atoms with Crippen LogP contribution in [0.5, 0.6) is 5.75 Å². The van der Waals surface area contributed by atoms with Crippen molar-refractivity contribution >= 4 is 18.3 Å². The molecule has 2 aliphatic rings. The number of benzene rings is 1. The summed E-state index contributed by atoms with van der Waals surface area (Å²) in [6, 6.07) is 9.94. The van der Waals surface area contributed by atoms with Gasteiger partial charge in [0.1, 0.15) is 11.9 Å². The van der Waals surface area contributed by atoms with Crippen LogP contribution in [0.15, 0.2) is 30.3 Å². The second kappa shape index (κ2) is 7.66. The molecular formula is C16H23ClN2O2. The van der Waals surface area contributed by atoms with Crippen molar-refractivity contribution in [2.24, 2.45) is 5.92 Å². The first-order valence-corrected chi connectivity index (χ1v) is 7.54. The number of para-hydroxylation sites is 1. The van der Waals surface area contributed by atoms with Gasteiger partial charge in [-0.2, -0.15) is 0 Å². The first-order valence-electron chi connectivity index (χ1n) is 7.54. The molecule has 2 fully saturated rings. The van der Waals surface area contributed by atoms with Crippen molar-refractivity contribution in [3.05, 3.63) is 30.3 Å². The Morgan fingerprint density at radius 3 is 2.48 bits per heavy atom. The normalized spacial score (nSPS) is 22.7. The van der Waals surface area contributed by atoms with E-state index in [1.807, 2.05) is 35.2 Å². The van der Waals surface area contributed by atoms with E-state index in [9.17, 15) is 4.79 Å². The van der Waals surface area contributed by atoms with Crippen molar-refractivity contribution in [2.75, 3.05) is 26.2 Å². The molecule has 5 heteroatoms. The van der Waals surface area contributed by atoms with Gasteiger partial charge in [-0.1, -0.05) is 18.2 Å². The first-order chi connectivity index (χ1) is 9.83. The van der Waals surface area contributed by atoms with Crippen molar-refractivity contribution in [2.45, 2.75) is 25.4 Å². The van der Waals surface area contributed by atoms with Crippen LogP contribution in [0.1, 0.15) is 19.3 Å². The highest BCUT2D eigenvalue weighted by molar-refractivity contribution is 5.85. The highest BCUT2D eigenvalue weighted by atomic mass is 35.5. The smallest absolute Gasteiger partial charge is 0.227 e. The van der Waals surface area contributed by atoms with Crippen molar-refractivity contribution in [3.8, 4) is 5.75 Å².